The molecule has 0 aromatic heterocycles. The fourth-order valence-corrected chi connectivity index (χ4v) is 8.68. The number of nitrogens with zero attached hydrogens (tertiary/aromatic N) is 1. The molecule has 0 bridgehead atoms. The number of nitrogens with one attached hydrogen (secondary N) is 1. The van der Waals surface area contributed by atoms with E-state index in [4.69, 9.17) is 18.9 Å². The van der Waals surface area contributed by atoms with E-state index in [1.54, 1.807) is 14.2 Å². The van der Waals surface area contributed by atoms with E-state index in [1.165, 1.54) is 31.2 Å². The van der Waals surface area contributed by atoms with Crippen LogP contribution in [0, 0.1) is 0 Å². The van der Waals surface area contributed by atoms with E-state index in [0.717, 1.165) is 63.9 Å². The number of hydrogen-bond acceptors (Lipinski definition) is 6. The second-order valence-electron chi connectivity index (χ2n) is 11.3. The summed E-state index contributed by atoms with van der Waals surface area (Å²) >= 11 is 0.698. The van der Waals surface area contributed by atoms with Gasteiger partial charge in [0, 0.05) is 0 Å². The van der Waals surface area contributed by atoms with Crippen molar-refractivity contribution in [1.82, 2.24) is 8.03 Å². The molecule has 1 fully saturated rings. The summed E-state index contributed by atoms with van der Waals surface area (Å²) in [5.74, 6) is 3.30. The quantitative estimate of drug-likeness (QED) is 0.223. The second kappa shape index (κ2) is 13.7. The molecular formula is C36H39N2O4Tl. The summed E-state index contributed by atoms with van der Waals surface area (Å²) in [4.78, 5) is 0. The number of ether oxygens (including phenoxy) is 4. The van der Waals surface area contributed by atoms with E-state index in [0.29, 0.717) is 38.1 Å². The first-order valence-electron chi connectivity index (χ1n) is 15.2. The van der Waals surface area contributed by atoms with E-state index in [9.17, 15) is 0 Å². The predicted octanol–water partition coefficient (Wildman–Crippen LogP) is 7.14. The number of fused-ring (bicyclic) bond motifs is 3. The van der Waals surface area contributed by atoms with Gasteiger partial charge in [-0.15, -0.1) is 0 Å². The van der Waals surface area contributed by atoms with Crippen LogP contribution in [0.2, 0.25) is 0 Å². The topological polar surface area (TPSA) is 52.2 Å². The molecule has 0 saturated heterocycles. The Hall–Kier alpha value is -3.08. The number of benzene rings is 4. The average Bonchev–Trinajstić information content (AvgIpc) is 3.05. The molecule has 6 rings (SSSR count). The van der Waals surface area contributed by atoms with Crippen LogP contribution in [0.15, 0.2) is 84.9 Å². The molecule has 1 aliphatic carbocycles. The summed E-state index contributed by atoms with van der Waals surface area (Å²) in [6, 6.07) is 30.0. The molecule has 3 atom stereocenters. The normalized spacial score (nSPS) is 20.8. The molecule has 0 spiro atoms. The summed E-state index contributed by atoms with van der Waals surface area (Å²) < 4.78 is 27.9. The van der Waals surface area contributed by atoms with Crippen molar-refractivity contribution in [3.8, 4) is 45.3 Å². The minimum atomic E-state index is -0.558. The van der Waals surface area contributed by atoms with E-state index in [-0.39, 0.29) is 0 Å². The van der Waals surface area contributed by atoms with E-state index in [2.05, 4.69) is 56.6 Å². The first-order chi connectivity index (χ1) is 21.1. The monoisotopic (exact) mass is 768 g/mol. The molecule has 1 saturated carbocycles. The molecule has 2 aliphatic rings. The zero-order valence-electron chi connectivity index (χ0n) is 25.2. The molecule has 1 heterocycles. The minimum absolute atomic E-state index is 0.418. The van der Waals surface area contributed by atoms with Crippen LogP contribution >= 0.6 is 0 Å². The average molecular weight is 768 g/mol. The number of hydrogen-bond donors (Lipinski definition) is 1. The standard InChI is InChI=1S/C36H39N2O4.Tl/c1-24-41-35-25(12-10-16-29(35)27-14-4-8-20-33(27)39-2)22-37-31-18-6-7-19-32(31)38-23-26-13-11-17-30(36(26)42-24)28-15-5-9-21-34(28)40-3;/h4-5,8-17,20-21,24,31-32,37H,6-7,18-19,22-23H2,1-3H3;/q-1;+1/t24?,31?,32-;/m1./s1. The van der Waals surface area contributed by atoms with Gasteiger partial charge in [-0.1, -0.05) is 0 Å². The zero-order valence-corrected chi connectivity index (χ0v) is 29.7. The van der Waals surface area contributed by atoms with Crippen LogP contribution in [0.5, 0.6) is 23.0 Å². The maximum atomic E-state index is 6.85. The van der Waals surface area contributed by atoms with Gasteiger partial charge in [0.1, 0.15) is 0 Å². The molecule has 220 valence electrons. The van der Waals surface area contributed by atoms with Crippen LogP contribution in [-0.4, -0.2) is 61.4 Å². The van der Waals surface area contributed by atoms with Crippen molar-refractivity contribution in [2.45, 2.75) is 64.1 Å². The van der Waals surface area contributed by atoms with E-state index in [1.807, 2.05) is 43.3 Å². The van der Waals surface area contributed by atoms with Crippen LogP contribution in [0.1, 0.15) is 43.7 Å². The molecule has 4 aromatic carbocycles. The Morgan fingerprint density at radius 1 is 0.698 bits per heavy atom. The van der Waals surface area contributed by atoms with Crippen LogP contribution in [-0.2, 0) is 13.1 Å². The van der Waals surface area contributed by atoms with Crippen molar-refractivity contribution in [2.75, 3.05) is 14.2 Å². The van der Waals surface area contributed by atoms with E-state index >= 15 is 0 Å². The number of methoxy groups -OCH3 is 2. The Morgan fingerprint density at radius 3 is 1.86 bits per heavy atom. The Balaban J connectivity index is 1.49. The van der Waals surface area contributed by atoms with Gasteiger partial charge in [0.05, 0.1) is 0 Å². The Bertz CT molecular complexity index is 1560. The van der Waals surface area contributed by atoms with Crippen molar-refractivity contribution in [1.29, 1.82) is 0 Å². The molecule has 1 aliphatic heterocycles. The van der Waals surface area contributed by atoms with Crippen molar-refractivity contribution < 1.29 is 18.9 Å². The van der Waals surface area contributed by atoms with Gasteiger partial charge in [-0.25, -0.2) is 0 Å². The van der Waals surface area contributed by atoms with Crippen LogP contribution in [0.25, 0.3) is 22.3 Å². The third-order valence-electron chi connectivity index (χ3n) is 8.62. The molecule has 7 heteroatoms. The summed E-state index contributed by atoms with van der Waals surface area (Å²) in [5.41, 5.74) is 6.29. The SMILES string of the molecule is COc1ccccc1-c1cccc2c1OC(C)Oc1c(cccc1-c1ccccc1OC)C[N]([Tl])[C@@H]1CCCCC1NC2. The molecule has 43 heavy (non-hydrogen) atoms. The maximum absolute atomic E-state index is 6.85. The zero-order chi connectivity index (χ0) is 29.8. The van der Waals surface area contributed by atoms with Gasteiger partial charge in [-0.3, -0.25) is 0 Å². The number of rotatable bonds is 4. The van der Waals surface area contributed by atoms with Crippen LogP contribution < -0.4 is 24.3 Å². The van der Waals surface area contributed by atoms with Gasteiger partial charge >= 0.3 is 273 Å². The van der Waals surface area contributed by atoms with Gasteiger partial charge in [-0.05, 0) is 0 Å². The van der Waals surface area contributed by atoms with Gasteiger partial charge < -0.3 is 0 Å². The molecule has 6 nitrogen and oxygen atoms in total. The fraction of sp³-hybridized carbons (Fsp3) is 0.333. The fourth-order valence-electron chi connectivity index (χ4n) is 6.53. The summed E-state index contributed by atoms with van der Waals surface area (Å²) in [6.45, 7) is 3.56. The first kappa shape index (κ1) is 30.0. The third kappa shape index (κ3) is 6.42. The second-order valence-corrected chi connectivity index (χ2v) is 13.9. The van der Waals surface area contributed by atoms with Crippen molar-refractivity contribution >= 4 is 26.1 Å². The van der Waals surface area contributed by atoms with Gasteiger partial charge in [0.15, 0.2) is 0 Å². The Kier molecular flexibility index (Phi) is 9.55. The summed E-state index contributed by atoms with van der Waals surface area (Å²) in [5, 5.41) is 3.96. The molecule has 0 amide bonds. The van der Waals surface area contributed by atoms with Crippen molar-refractivity contribution in [2.24, 2.45) is 0 Å². The summed E-state index contributed by atoms with van der Waals surface area (Å²) in [6.07, 6.45) is 4.35. The molecule has 2 unspecified atom stereocenters. The van der Waals surface area contributed by atoms with Crippen molar-refractivity contribution in [3.63, 3.8) is 0 Å². The van der Waals surface area contributed by atoms with Crippen LogP contribution in [0.4, 0.5) is 0 Å². The van der Waals surface area contributed by atoms with Crippen molar-refractivity contribution in [3.05, 3.63) is 96.1 Å². The first-order valence-corrected chi connectivity index (χ1v) is 17.2. The molecule has 4 aromatic rings. The Morgan fingerprint density at radius 2 is 1.23 bits per heavy atom. The summed E-state index contributed by atoms with van der Waals surface area (Å²) in [7, 11) is 3.43. The molecular weight excluding hydrogens is 729 g/mol. The predicted molar refractivity (Wildman–Crippen MR) is 172 cm³/mol. The Labute approximate surface area is 271 Å². The van der Waals surface area contributed by atoms with Gasteiger partial charge in [0.2, 0.25) is 0 Å². The molecule has 0 radical (unpaired) electrons. The van der Waals surface area contributed by atoms with Gasteiger partial charge in [-0.2, -0.15) is 0 Å². The number of para-hydroxylation sites is 4. The van der Waals surface area contributed by atoms with Gasteiger partial charge in [0.25, 0.3) is 0 Å². The van der Waals surface area contributed by atoms with E-state index < -0.39 is 6.29 Å². The molecule has 1 N–H and O–H groups in total. The third-order valence-corrected chi connectivity index (χ3v) is 10.8. The van der Waals surface area contributed by atoms with Crippen LogP contribution in [0.3, 0.4) is 0 Å².